The number of aryl methyl sites for hydroxylation is 1. The summed E-state index contributed by atoms with van der Waals surface area (Å²) in [6.45, 7) is 2.01. The van der Waals surface area contributed by atoms with Gasteiger partial charge >= 0.3 is 0 Å². The largest absolute Gasteiger partial charge is 0.244 e. The quantitative estimate of drug-likeness (QED) is 0.763. The topological polar surface area (TPSA) is 49.6 Å². The van der Waals surface area contributed by atoms with Crippen LogP contribution in [0.3, 0.4) is 0 Å². The molecule has 0 saturated heterocycles. The lowest BCUT2D eigenvalue weighted by Gasteiger charge is -2.05. The molecule has 2 aromatic rings. The van der Waals surface area contributed by atoms with E-state index in [0.717, 1.165) is 22.3 Å². The summed E-state index contributed by atoms with van der Waals surface area (Å²) in [7, 11) is 0. The minimum Gasteiger partial charge on any atom is -0.244 e. The van der Waals surface area contributed by atoms with Crippen molar-refractivity contribution in [2.45, 2.75) is 13.3 Å². The van der Waals surface area contributed by atoms with E-state index in [1.54, 1.807) is 12.4 Å². The molecule has 1 aromatic carbocycles. The Balaban J connectivity index is 2.39. The Morgan fingerprint density at radius 1 is 1.19 bits per heavy atom. The summed E-state index contributed by atoms with van der Waals surface area (Å²) in [6.07, 6.45) is 5.54. The van der Waals surface area contributed by atoms with Crippen molar-refractivity contribution in [3.05, 3.63) is 48.0 Å². The number of hydrogen-bond donors (Lipinski definition) is 0. The summed E-state index contributed by atoms with van der Waals surface area (Å²) in [5.41, 5.74) is 4.28. The van der Waals surface area contributed by atoms with E-state index in [1.165, 1.54) is 6.33 Å². The number of nitrogens with zero attached hydrogens (tertiary/aromatic N) is 3. The average molecular weight is 209 g/mol. The Bertz CT molecular complexity index is 527. The van der Waals surface area contributed by atoms with E-state index in [-0.39, 0.29) is 0 Å². The zero-order valence-electron chi connectivity index (χ0n) is 9.01. The van der Waals surface area contributed by atoms with Gasteiger partial charge in [-0.2, -0.15) is 5.26 Å². The van der Waals surface area contributed by atoms with Crippen molar-refractivity contribution in [3.8, 4) is 17.2 Å². The van der Waals surface area contributed by atoms with E-state index in [4.69, 9.17) is 5.26 Å². The standard InChI is InChI=1S/C13H11N3/c1-10-6-12(3-2-11(10)4-5-14)13-7-15-9-16-8-13/h2-3,6-9H,4H2,1H3. The molecular formula is C13H11N3. The predicted octanol–water partition coefficient (Wildman–Crippen LogP) is 2.52. The van der Waals surface area contributed by atoms with Crippen LogP contribution >= 0.6 is 0 Å². The van der Waals surface area contributed by atoms with Gasteiger partial charge in [-0.3, -0.25) is 0 Å². The van der Waals surface area contributed by atoms with E-state index >= 15 is 0 Å². The second-order valence-corrected chi connectivity index (χ2v) is 3.60. The summed E-state index contributed by atoms with van der Waals surface area (Å²) in [5.74, 6) is 0. The molecule has 0 N–H and O–H groups in total. The van der Waals surface area contributed by atoms with Gasteiger partial charge in [0.2, 0.25) is 0 Å². The molecule has 0 fully saturated rings. The van der Waals surface area contributed by atoms with Gasteiger partial charge in [0.05, 0.1) is 12.5 Å². The van der Waals surface area contributed by atoms with Crippen molar-refractivity contribution >= 4 is 0 Å². The fourth-order valence-corrected chi connectivity index (χ4v) is 1.61. The minimum atomic E-state index is 0.456. The third-order valence-corrected chi connectivity index (χ3v) is 2.51. The van der Waals surface area contributed by atoms with Crippen LogP contribution in [0.15, 0.2) is 36.9 Å². The Morgan fingerprint density at radius 2 is 1.94 bits per heavy atom. The molecule has 0 amide bonds. The lowest BCUT2D eigenvalue weighted by Crippen LogP contribution is -1.89. The minimum absolute atomic E-state index is 0.456. The van der Waals surface area contributed by atoms with Crippen molar-refractivity contribution < 1.29 is 0 Å². The smallest absolute Gasteiger partial charge is 0.115 e. The first kappa shape index (κ1) is 10.3. The summed E-state index contributed by atoms with van der Waals surface area (Å²) >= 11 is 0. The molecule has 2 rings (SSSR count). The molecule has 0 bridgehead atoms. The molecule has 0 radical (unpaired) electrons. The molecule has 0 atom stereocenters. The molecule has 0 aliphatic heterocycles. The van der Waals surface area contributed by atoms with Gasteiger partial charge in [-0.25, -0.2) is 9.97 Å². The van der Waals surface area contributed by atoms with E-state index in [0.29, 0.717) is 6.42 Å². The van der Waals surface area contributed by atoms with Crippen LogP contribution in [0.25, 0.3) is 11.1 Å². The highest BCUT2D eigenvalue weighted by atomic mass is 14.8. The van der Waals surface area contributed by atoms with Crippen molar-refractivity contribution in [2.24, 2.45) is 0 Å². The molecule has 0 unspecified atom stereocenters. The monoisotopic (exact) mass is 209 g/mol. The second kappa shape index (κ2) is 4.54. The highest BCUT2D eigenvalue weighted by Crippen LogP contribution is 2.20. The summed E-state index contributed by atoms with van der Waals surface area (Å²) in [5, 5.41) is 8.66. The SMILES string of the molecule is Cc1cc(-c2cncnc2)ccc1CC#N. The average Bonchev–Trinajstić information content (AvgIpc) is 2.33. The fraction of sp³-hybridized carbons (Fsp3) is 0.154. The Hall–Kier alpha value is -2.21. The summed E-state index contributed by atoms with van der Waals surface area (Å²) in [4.78, 5) is 7.97. The van der Waals surface area contributed by atoms with Gasteiger partial charge < -0.3 is 0 Å². The fourth-order valence-electron chi connectivity index (χ4n) is 1.61. The molecular weight excluding hydrogens is 198 g/mol. The van der Waals surface area contributed by atoms with Gasteiger partial charge in [0.1, 0.15) is 6.33 Å². The molecule has 0 saturated carbocycles. The van der Waals surface area contributed by atoms with Crippen molar-refractivity contribution in [1.82, 2.24) is 9.97 Å². The van der Waals surface area contributed by atoms with Crippen LogP contribution in [0, 0.1) is 18.3 Å². The number of aromatic nitrogens is 2. The van der Waals surface area contributed by atoms with Crippen LogP contribution in [0.5, 0.6) is 0 Å². The molecule has 3 nitrogen and oxygen atoms in total. The second-order valence-electron chi connectivity index (χ2n) is 3.60. The van der Waals surface area contributed by atoms with E-state index < -0.39 is 0 Å². The third-order valence-electron chi connectivity index (χ3n) is 2.51. The predicted molar refractivity (Wildman–Crippen MR) is 61.5 cm³/mol. The van der Waals surface area contributed by atoms with Crippen LogP contribution in [0.2, 0.25) is 0 Å². The van der Waals surface area contributed by atoms with Crippen molar-refractivity contribution in [1.29, 1.82) is 5.26 Å². The van der Waals surface area contributed by atoms with Crippen LogP contribution in [0.1, 0.15) is 11.1 Å². The number of benzene rings is 1. The number of hydrogen-bond acceptors (Lipinski definition) is 3. The molecule has 1 aromatic heterocycles. The number of rotatable bonds is 2. The Labute approximate surface area is 94.4 Å². The molecule has 0 aliphatic carbocycles. The lowest BCUT2D eigenvalue weighted by molar-refractivity contribution is 1.17. The van der Waals surface area contributed by atoms with Crippen LogP contribution in [0.4, 0.5) is 0 Å². The zero-order valence-corrected chi connectivity index (χ0v) is 9.01. The third kappa shape index (κ3) is 2.06. The lowest BCUT2D eigenvalue weighted by atomic mass is 10.0. The van der Waals surface area contributed by atoms with Gasteiger partial charge in [-0.1, -0.05) is 18.2 Å². The van der Waals surface area contributed by atoms with E-state index in [1.807, 2.05) is 19.1 Å². The van der Waals surface area contributed by atoms with Gasteiger partial charge in [-0.15, -0.1) is 0 Å². The van der Waals surface area contributed by atoms with Crippen LogP contribution < -0.4 is 0 Å². The van der Waals surface area contributed by atoms with Gasteiger partial charge in [0.15, 0.2) is 0 Å². The van der Waals surface area contributed by atoms with Gasteiger partial charge in [0, 0.05) is 18.0 Å². The molecule has 0 aliphatic rings. The number of nitriles is 1. The molecule has 3 heteroatoms. The normalized spacial score (nSPS) is 9.75. The first-order chi connectivity index (χ1) is 7.81. The van der Waals surface area contributed by atoms with E-state index in [9.17, 15) is 0 Å². The Morgan fingerprint density at radius 3 is 2.56 bits per heavy atom. The molecule has 1 heterocycles. The summed E-state index contributed by atoms with van der Waals surface area (Å²) in [6, 6.07) is 8.21. The highest BCUT2D eigenvalue weighted by Gasteiger charge is 2.02. The highest BCUT2D eigenvalue weighted by molar-refractivity contribution is 5.63. The van der Waals surface area contributed by atoms with Gasteiger partial charge in [0.25, 0.3) is 0 Å². The maximum absolute atomic E-state index is 8.66. The maximum Gasteiger partial charge on any atom is 0.115 e. The maximum atomic E-state index is 8.66. The van der Waals surface area contributed by atoms with Crippen molar-refractivity contribution in [3.63, 3.8) is 0 Å². The van der Waals surface area contributed by atoms with Gasteiger partial charge in [-0.05, 0) is 23.6 Å². The zero-order chi connectivity index (χ0) is 11.4. The first-order valence-electron chi connectivity index (χ1n) is 5.03. The van der Waals surface area contributed by atoms with Crippen LogP contribution in [-0.2, 0) is 6.42 Å². The molecule has 78 valence electrons. The Kier molecular flexibility index (Phi) is 2.93. The van der Waals surface area contributed by atoms with Crippen LogP contribution in [-0.4, -0.2) is 9.97 Å². The van der Waals surface area contributed by atoms with Crippen molar-refractivity contribution in [2.75, 3.05) is 0 Å². The first-order valence-corrected chi connectivity index (χ1v) is 5.03. The molecule has 16 heavy (non-hydrogen) atoms. The summed E-state index contributed by atoms with van der Waals surface area (Å²) < 4.78 is 0. The van der Waals surface area contributed by atoms with E-state index in [2.05, 4.69) is 22.1 Å². The molecule has 0 spiro atoms.